The lowest BCUT2D eigenvalue weighted by Crippen LogP contribution is -2.50. The summed E-state index contributed by atoms with van der Waals surface area (Å²) in [5.74, 6) is -1.10. The van der Waals surface area contributed by atoms with Gasteiger partial charge < -0.3 is 15.1 Å². The van der Waals surface area contributed by atoms with Gasteiger partial charge in [0, 0.05) is 23.8 Å². The van der Waals surface area contributed by atoms with Gasteiger partial charge >= 0.3 is 12.0 Å². The summed E-state index contributed by atoms with van der Waals surface area (Å²) in [6.07, 6.45) is 0.803. The maximum atomic E-state index is 12.5. The summed E-state index contributed by atoms with van der Waals surface area (Å²) in [6.45, 7) is 0.301. The largest absolute Gasteiger partial charge is 0.480 e. The molecule has 21 heavy (non-hydrogen) atoms. The first-order valence-electron chi connectivity index (χ1n) is 6.69. The Balaban J connectivity index is 2.20. The van der Waals surface area contributed by atoms with Crippen molar-refractivity contribution in [2.75, 3.05) is 24.5 Å². The lowest BCUT2D eigenvalue weighted by molar-refractivity contribution is -0.135. The maximum absolute atomic E-state index is 12.5. The summed E-state index contributed by atoms with van der Waals surface area (Å²) in [5.41, 5.74) is 0.465. The molecule has 7 heteroatoms. The van der Waals surface area contributed by atoms with Crippen LogP contribution in [0.3, 0.4) is 0 Å². The van der Waals surface area contributed by atoms with Gasteiger partial charge in [-0.1, -0.05) is 11.6 Å². The molecule has 0 aromatic heterocycles. The van der Waals surface area contributed by atoms with Gasteiger partial charge in [-0.2, -0.15) is 0 Å². The number of carboxylic acid groups (broad SMARTS) is 1. The average Bonchev–Trinajstić information content (AvgIpc) is 2.45. The van der Waals surface area contributed by atoms with Crippen LogP contribution in [-0.4, -0.2) is 52.9 Å². The van der Waals surface area contributed by atoms with Crippen molar-refractivity contribution in [2.24, 2.45) is 0 Å². The normalized spacial score (nSPS) is 18.4. The third-order valence-corrected chi connectivity index (χ3v) is 3.58. The van der Waals surface area contributed by atoms with E-state index in [2.05, 4.69) is 0 Å². The molecule has 1 atom stereocenters. The van der Waals surface area contributed by atoms with Gasteiger partial charge in [-0.3, -0.25) is 9.69 Å². The number of urea groups is 1. The van der Waals surface area contributed by atoms with Crippen molar-refractivity contribution in [2.45, 2.75) is 18.9 Å². The summed E-state index contributed by atoms with van der Waals surface area (Å²) in [4.78, 5) is 26.2. The Morgan fingerprint density at radius 3 is 2.57 bits per heavy atom. The van der Waals surface area contributed by atoms with Gasteiger partial charge in [0.25, 0.3) is 0 Å². The Bertz CT molecular complexity index is 520. The number of carboxylic acids is 1. The number of aliphatic carboxylic acids is 1. The molecule has 0 aliphatic carbocycles. The van der Waals surface area contributed by atoms with Crippen LogP contribution in [0.5, 0.6) is 0 Å². The standard InChI is InChI=1S/C14H17ClN2O4/c15-10-3-5-11(6-4-10)17(9-13(19)20)14(21)16-7-1-2-12(18)8-16/h3-6,12,18H,1-2,7-9H2,(H,19,20). The number of likely N-dealkylation sites (tertiary alicyclic amines) is 1. The summed E-state index contributed by atoms with van der Waals surface area (Å²) in [6, 6.07) is 5.99. The molecule has 1 aromatic rings. The number of hydrogen-bond donors (Lipinski definition) is 2. The number of carbonyl (C=O) groups excluding carboxylic acids is 1. The molecule has 1 aromatic carbocycles. The van der Waals surface area contributed by atoms with Crippen LogP contribution in [0.1, 0.15) is 12.8 Å². The van der Waals surface area contributed by atoms with E-state index in [4.69, 9.17) is 16.7 Å². The average molecular weight is 313 g/mol. The number of amides is 2. The van der Waals surface area contributed by atoms with Crippen LogP contribution >= 0.6 is 11.6 Å². The van der Waals surface area contributed by atoms with Crippen LogP contribution in [0.25, 0.3) is 0 Å². The van der Waals surface area contributed by atoms with Crippen molar-refractivity contribution < 1.29 is 19.8 Å². The molecule has 2 N–H and O–H groups in total. The molecule has 1 aliphatic heterocycles. The van der Waals surface area contributed by atoms with Crippen LogP contribution in [0.2, 0.25) is 5.02 Å². The smallest absolute Gasteiger partial charge is 0.325 e. The first-order valence-corrected chi connectivity index (χ1v) is 7.07. The van der Waals surface area contributed by atoms with Gasteiger partial charge in [-0.15, -0.1) is 0 Å². The Labute approximate surface area is 127 Å². The number of anilines is 1. The van der Waals surface area contributed by atoms with Crippen molar-refractivity contribution >= 4 is 29.3 Å². The van der Waals surface area contributed by atoms with Gasteiger partial charge in [-0.25, -0.2) is 4.79 Å². The summed E-state index contributed by atoms with van der Waals surface area (Å²) in [7, 11) is 0. The number of carbonyl (C=O) groups is 2. The van der Waals surface area contributed by atoms with Gasteiger partial charge in [0.05, 0.1) is 6.10 Å². The van der Waals surface area contributed by atoms with Crippen molar-refractivity contribution in [3.63, 3.8) is 0 Å². The number of piperidine rings is 1. The fraction of sp³-hybridized carbons (Fsp3) is 0.429. The van der Waals surface area contributed by atoms with Gasteiger partial charge in [0.1, 0.15) is 6.54 Å². The van der Waals surface area contributed by atoms with Gasteiger partial charge in [0.15, 0.2) is 0 Å². The molecule has 2 rings (SSSR count). The van der Waals surface area contributed by atoms with Crippen LogP contribution in [-0.2, 0) is 4.79 Å². The number of β-amino-alcohol motifs (C(OH)–C–C–N with tert-alkyl or cyclic N) is 1. The van der Waals surface area contributed by atoms with E-state index in [9.17, 15) is 14.7 Å². The van der Waals surface area contributed by atoms with E-state index < -0.39 is 24.6 Å². The topological polar surface area (TPSA) is 81.1 Å². The first kappa shape index (κ1) is 15.6. The van der Waals surface area contributed by atoms with Crippen molar-refractivity contribution in [3.05, 3.63) is 29.3 Å². The molecule has 1 unspecified atom stereocenters. The van der Waals surface area contributed by atoms with Gasteiger partial charge in [0.2, 0.25) is 0 Å². The molecule has 0 radical (unpaired) electrons. The first-order chi connectivity index (χ1) is 9.97. The van der Waals surface area contributed by atoms with Gasteiger partial charge in [-0.05, 0) is 37.1 Å². The van der Waals surface area contributed by atoms with Crippen molar-refractivity contribution in [1.29, 1.82) is 0 Å². The quantitative estimate of drug-likeness (QED) is 0.892. The van der Waals surface area contributed by atoms with E-state index in [1.165, 1.54) is 9.80 Å². The highest BCUT2D eigenvalue weighted by atomic mass is 35.5. The molecular weight excluding hydrogens is 296 g/mol. The minimum Gasteiger partial charge on any atom is -0.480 e. The second-order valence-electron chi connectivity index (χ2n) is 4.98. The molecular formula is C14H17ClN2O4. The SMILES string of the molecule is O=C(O)CN(C(=O)N1CCCC(O)C1)c1ccc(Cl)cc1. The summed E-state index contributed by atoms with van der Waals surface area (Å²) in [5, 5.41) is 19.2. The second kappa shape index (κ2) is 6.78. The highest BCUT2D eigenvalue weighted by molar-refractivity contribution is 6.30. The summed E-state index contributed by atoms with van der Waals surface area (Å²) < 4.78 is 0. The molecule has 1 saturated heterocycles. The fourth-order valence-corrected chi connectivity index (χ4v) is 2.45. The van der Waals surface area contributed by atoms with E-state index in [0.717, 1.165) is 0 Å². The molecule has 2 amide bonds. The Kier molecular flexibility index (Phi) is 5.03. The molecule has 1 aliphatic rings. The summed E-state index contributed by atoms with van der Waals surface area (Å²) >= 11 is 5.81. The number of aliphatic hydroxyl groups excluding tert-OH is 1. The Morgan fingerprint density at radius 1 is 1.33 bits per heavy atom. The van der Waals surface area contributed by atoms with Crippen molar-refractivity contribution in [1.82, 2.24) is 4.90 Å². The van der Waals surface area contributed by atoms with Crippen LogP contribution in [0, 0.1) is 0 Å². The molecule has 0 spiro atoms. The lowest BCUT2D eigenvalue weighted by Gasteiger charge is -2.34. The maximum Gasteiger partial charge on any atom is 0.325 e. The second-order valence-corrected chi connectivity index (χ2v) is 5.42. The molecule has 1 heterocycles. The predicted octanol–water partition coefficient (Wildman–Crippen LogP) is 1.81. The van der Waals surface area contributed by atoms with E-state index in [0.29, 0.717) is 30.1 Å². The highest BCUT2D eigenvalue weighted by Gasteiger charge is 2.28. The molecule has 0 saturated carbocycles. The number of halogens is 1. The minimum atomic E-state index is -1.10. The van der Waals surface area contributed by atoms with E-state index >= 15 is 0 Å². The zero-order valence-corrected chi connectivity index (χ0v) is 12.2. The van der Waals surface area contributed by atoms with Crippen molar-refractivity contribution in [3.8, 4) is 0 Å². The zero-order valence-electron chi connectivity index (χ0n) is 11.4. The minimum absolute atomic E-state index is 0.225. The molecule has 0 bridgehead atoms. The van der Waals surface area contributed by atoms with Crippen LogP contribution in [0.15, 0.2) is 24.3 Å². The van der Waals surface area contributed by atoms with Crippen LogP contribution in [0.4, 0.5) is 10.5 Å². The fourth-order valence-electron chi connectivity index (χ4n) is 2.32. The number of aliphatic hydroxyl groups is 1. The predicted molar refractivity (Wildman–Crippen MR) is 78.6 cm³/mol. The Morgan fingerprint density at radius 2 is 2.00 bits per heavy atom. The number of rotatable bonds is 3. The number of nitrogens with zero attached hydrogens (tertiary/aromatic N) is 2. The van der Waals surface area contributed by atoms with E-state index in [1.54, 1.807) is 24.3 Å². The third kappa shape index (κ3) is 4.09. The lowest BCUT2D eigenvalue weighted by atomic mass is 10.1. The van der Waals surface area contributed by atoms with E-state index in [1.807, 2.05) is 0 Å². The zero-order chi connectivity index (χ0) is 15.4. The highest BCUT2D eigenvalue weighted by Crippen LogP contribution is 2.21. The molecule has 1 fully saturated rings. The monoisotopic (exact) mass is 312 g/mol. The Hall–Kier alpha value is -1.79. The molecule has 114 valence electrons. The van der Waals surface area contributed by atoms with Crippen LogP contribution < -0.4 is 4.90 Å². The van der Waals surface area contributed by atoms with E-state index in [-0.39, 0.29) is 6.54 Å². The third-order valence-electron chi connectivity index (χ3n) is 3.33. The number of hydrogen-bond acceptors (Lipinski definition) is 3. The molecule has 6 nitrogen and oxygen atoms in total. The number of benzene rings is 1.